The van der Waals surface area contributed by atoms with Crippen LogP contribution in [0.5, 0.6) is 5.75 Å². The molecule has 0 heterocycles. The number of benzene rings is 3. The van der Waals surface area contributed by atoms with Crippen molar-refractivity contribution in [3.8, 4) is 5.75 Å². The Kier molecular flexibility index (Phi) is 5.74. The van der Waals surface area contributed by atoms with E-state index in [1.165, 1.54) is 0 Å². The van der Waals surface area contributed by atoms with E-state index in [-0.39, 0.29) is 5.91 Å². The summed E-state index contributed by atoms with van der Waals surface area (Å²) in [5.41, 5.74) is 2.22. The predicted octanol–water partition coefficient (Wildman–Crippen LogP) is 5.93. The third kappa shape index (κ3) is 4.84. The topological polar surface area (TPSA) is 38.3 Å². The summed E-state index contributed by atoms with van der Waals surface area (Å²) in [6.45, 7) is 0.379. The molecule has 25 heavy (non-hydrogen) atoms. The molecule has 126 valence electrons. The number of carbonyl (C=O) groups excluding carboxylic acids is 1. The van der Waals surface area contributed by atoms with Gasteiger partial charge in [0.05, 0.1) is 0 Å². The van der Waals surface area contributed by atoms with Crippen molar-refractivity contribution in [2.45, 2.75) is 6.61 Å². The second-order valence-electron chi connectivity index (χ2n) is 5.37. The Balaban J connectivity index is 1.60. The van der Waals surface area contributed by atoms with Crippen LogP contribution in [0, 0.1) is 0 Å². The molecule has 0 unspecified atom stereocenters. The quantitative estimate of drug-likeness (QED) is 0.559. The number of anilines is 1. The average Bonchev–Trinajstić information content (AvgIpc) is 2.63. The lowest BCUT2D eigenvalue weighted by Crippen LogP contribution is -2.11. The van der Waals surface area contributed by atoms with Gasteiger partial charge in [0.15, 0.2) is 0 Å². The molecule has 0 bridgehead atoms. The van der Waals surface area contributed by atoms with Gasteiger partial charge in [-0.25, -0.2) is 0 Å². The van der Waals surface area contributed by atoms with Gasteiger partial charge in [-0.3, -0.25) is 4.79 Å². The molecule has 0 aliphatic heterocycles. The fourth-order valence-corrected chi connectivity index (χ4v) is 2.67. The maximum Gasteiger partial charge on any atom is 0.255 e. The summed E-state index contributed by atoms with van der Waals surface area (Å²) in [5.74, 6) is 0.514. The van der Waals surface area contributed by atoms with E-state index >= 15 is 0 Å². The lowest BCUT2D eigenvalue weighted by atomic mass is 10.2. The van der Waals surface area contributed by atoms with Crippen LogP contribution < -0.4 is 10.1 Å². The first-order valence-electron chi connectivity index (χ1n) is 7.65. The number of hydrogen-bond donors (Lipinski definition) is 1. The molecular weight excluding hydrogens is 402 g/mol. The van der Waals surface area contributed by atoms with E-state index in [1.54, 1.807) is 24.3 Å². The molecule has 0 radical (unpaired) electrons. The highest BCUT2D eigenvalue weighted by Gasteiger charge is 2.07. The van der Waals surface area contributed by atoms with Gasteiger partial charge in [-0.05, 0) is 54.6 Å². The Morgan fingerprint density at radius 3 is 2.32 bits per heavy atom. The molecule has 5 heteroatoms. The highest BCUT2D eigenvalue weighted by atomic mass is 79.9. The summed E-state index contributed by atoms with van der Waals surface area (Å²) >= 11 is 9.47. The smallest absolute Gasteiger partial charge is 0.255 e. The fraction of sp³-hybridized carbons (Fsp3) is 0.0500. The molecule has 3 aromatic rings. The van der Waals surface area contributed by atoms with Gasteiger partial charge < -0.3 is 10.1 Å². The van der Waals surface area contributed by atoms with Crippen LogP contribution in [-0.4, -0.2) is 5.91 Å². The van der Waals surface area contributed by atoms with Crippen molar-refractivity contribution in [2.75, 3.05) is 5.32 Å². The van der Waals surface area contributed by atoms with Gasteiger partial charge >= 0.3 is 0 Å². The SMILES string of the molecule is O=C(Nc1ccc(Br)cc1)c1ccc(OCc2ccccc2Cl)cc1. The van der Waals surface area contributed by atoms with Crippen LogP contribution >= 0.6 is 27.5 Å². The molecule has 0 spiro atoms. The molecule has 1 N–H and O–H groups in total. The molecule has 3 aromatic carbocycles. The first-order valence-corrected chi connectivity index (χ1v) is 8.82. The Hall–Kier alpha value is -2.30. The number of amides is 1. The Morgan fingerprint density at radius 2 is 1.64 bits per heavy atom. The third-order valence-electron chi connectivity index (χ3n) is 3.57. The third-order valence-corrected chi connectivity index (χ3v) is 4.47. The zero-order valence-electron chi connectivity index (χ0n) is 13.2. The minimum atomic E-state index is -0.167. The van der Waals surface area contributed by atoms with Crippen LogP contribution in [0.3, 0.4) is 0 Å². The standard InChI is InChI=1S/C20H15BrClNO2/c21-16-7-9-17(10-8-16)23-20(24)14-5-11-18(12-6-14)25-13-15-3-1-2-4-19(15)22/h1-12H,13H2,(H,23,24). The molecule has 0 aliphatic carbocycles. The van der Waals surface area contributed by atoms with Crippen LogP contribution in [0.4, 0.5) is 5.69 Å². The maximum atomic E-state index is 12.3. The van der Waals surface area contributed by atoms with Gasteiger partial charge in [0, 0.05) is 26.3 Å². The summed E-state index contributed by atoms with van der Waals surface area (Å²) in [7, 11) is 0. The van der Waals surface area contributed by atoms with E-state index in [0.717, 1.165) is 15.7 Å². The van der Waals surface area contributed by atoms with E-state index in [4.69, 9.17) is 16.3 Å². The highest BCUT2D eigenvalue weighted by molar-refractivity contribution is 9.10. The lowest BCUT2D eigenvalue weighted by Gasteiger charge is -2.09. The van der Waals surface area contributed by atoms with Crippen molar-refractivity contribution in [1.29, 1.82) is 0 Å². The van der Waals surface area contributed by atoms with Crippen LogP contribution in [-0.2, 0) is 6.61 Å². The Labute approximate surface area is 159 Å². The summed E-state index contributed by atoms with van der Waals surface area (Å²) in [6.07, 6.45) is 0. The Morgan fingerprint density at radius 1 is 0.960 bits per heavy atom. The molecule has 0 atom stereocenters. The molecule has 0 aromatic heterocycles. The van der Waals surface area contributed by atoms with Crippen molar-refractivity contribution >= 4 is 39.1 Å². The highest BCUT2D eigenvalue weighted by Crippen LogP contribution is 2.20. The summed E-state index contributed by atoms with van der Waals surface area (Å²) in [4.78, 5) is 12.3. The Bertz CT molecular complexity index is 864. The molecule has 1 amide bonds. The van der Waals surface area contributed by atoms with Gasteiger partial charge in [-0.1, -0.05) is 45.7 Å². The molecule has 0 saturated carbocycles. The van der Waals surface area contributed by atoms with Crippen LogP contribution in [0.15, 0.2) is 77.3 Å². The van der Waals surface area contributed by atoms with Gasteiger partial charge in [-0.15, -0.1) is 0 Å². The fourth-order valence-electron chi connectivity index (χ4n) is 2.22. The number of carbonyl (C=O) groups is 1. The van der Waals surface area contributed by atoms with E-state index < -0.39 is 0 Å². The van der Waals surface area contributed by atoms with Crippen molar-refractivity contribution in [1.82, 2.24) is 0 Å². The zero-order chi connectivity index (χ0) is 17.6. The van der Waals surface area contributed by atoms with E-state index in [1.807, 2.05) is 48.5 Å². The lowest BCUT2D eigenvalue weighted by molar-refractivity contribution is 0.102. The molecular formula is C20H15BrClNO2. The normalized spacial score (nSPS) is 10.3. The van der Waals surface area contributed by atoms with Crippen molar-refractivity contribution in [3.63, 3.8) is 0 Å². The number of ether oxygens (including phenoxy) is 1. The van der Waals surface area contributed by atoms with Crippen LogP contribution in [0.1, 0.15) is 15.9 Å². The maximum absolute atomic E-state index is 12.3. The second kappa shape index (κ2) is 8.19. The van der Waals surface area contributed by atoms with Crippen molar-refractivity contribution in [2.24, 2.45) is 0 Å². The molecule has 0 saturated heterocycles. The van der Waals surface area contributed by atoms with Crippen molar-refractivity contribution in [3.05, 3.63) is 93.4 Å². The predicted molar refractivity (Wildman–Crippen MR) is 104 cm³/mol. The first kappa shape index (κ1) is 17.5. The van der Waals surface area contributed by atoms with E-state index in [9.17, 15) is 4.79 Å². The van der Waals surface area contributed by atoms with Crippen LogP contribution in [0.2, 0.25) is 5.02 Å². The summed E-state index contributed by atoms with van der Waals surface area (Å²) < 4.78 is 6.68. The van der Waals surface area contributed by atoms with Gasteiger partial charge in [-0.2, -0.15) is 0 Å². The van der Waals surface area contributed by atoms with Gasteiger partial charge in [0.2, 0.25) is 0 Å². The minimum Gasteiger partial charge on any atom is -0.489 e. The van der Waals surface area contributed by atoms with E-state index in [2.05, 4.69) is 21.2 Å². The van der Waals surface area contributed by atoms with Gasteiger partial charge in [0.25, 0.3) is 5.91 Å². The number of nitrogens with one attached hydrogen (secondary N) is 1. The number of rotatable bonds is 5. The zero-order valence-corrected chi connectivity index (χ0v) is 15.5. The summed E-state index contributed by atoms with van der Waals surface area (Å²) in [6, 6.07) is 22.0. The second-order valence-corrected chi connectivity index (χ2v) is 6.69. The largest absolute Gasteiger partial charge is 0.489 e. The number of halogens is 2. The number of hydrogen-bond acceptors (Lipinski definition) is 2. The minimum absolute atomic E-state index is 0.167. The molecule has 0 fully saturated rings. The van der Waals surface area contributed by atoms with Crippen LogP contribution in [0.25, 0.3) is 0 Å². The van der Waals surface area contributed by atoms with Gasteiger partial charge in [0.1, 0.15) is 12.4 Å². The molecule has 3 nitrogen and oxygen atoms in total. The molecule has 3 rings (SSSR count). The van der Waals surface area contributed by atoms with Crippen molar-refractivity contribution < 1.29 is 9.53 Å². The average molecular weight is 417 g/mol. The summed E-state index contributed by atoms with van der Waals surface area (Å²) in [5, 5.41) is 3.53. The first-order chi connectivity index (χ1) is 12.1. The van der Waals surface area contributed by atoms with E-state index in [0.29, 0.717) is 22.9 Å². The molecule has 0 aliphatic rings. The monoisotopic (exact) mass is 415 g/mol.